The topological polar surface area (TPSA) is 237 Å². The Hall–Kier alpha value is -1.94. The molecular weight excluding hydrogens is 1160 g/mol. The van der Waals surface area contributed by atoms with Gasteiger partial charge in [-0.25, -0.2) is 9.13 Å². The number of aliphatic hydroxyl groups excluding tert-OH is 1. The van der Waals surface area contributed by atoms with Crippen LogP contribution in [0.3, 0.4) is 0 Å². The largest absolute Gasteiger partial charge is 0.472 e. The first-order valence-corrected chi connectivity index (χ1v) is 39.1. The van der Waals surface area contributed by atoms with Crippen LogP contribution in [0.25, 0.3) is 0 Å². The van der Waals surface area contributed by atoms with Gasteiger partial charge in [-0.2, -0.15) is 0 Å². The predicted octanol–water partition coefficient (Wildman–Crippen LogP) is 19.7. The number of esters is 4. The Morgan fingerprint density at radius 2 is 0.523 bits per heavy atom. The van der Waals surface area contributed by atoms with Gasteiger partial charge >= 0.3 is 39.5 Å². The highest BCUT2D eigenvalue weighted by atomic mass is 31.2. The molecule has 0 spiro atoms. The highest BCUT2D eigenvalue weighted by Crippen LogP contribution is 2.45. The molecule has 0 bridgehead atoms. The van der Waals surface area contributed by atoms with Crippen LogP contribution in [0.5, 0.6) is 0 Å². The van der Waals surface area contributed by atoms with Crippen LogP contribution in [0, 0.1) is 5.92 Å². The molecule has 0 radical (unpaired) electrons. The number of carbonyl (C=O) groups is 4. The van der Waals surface area contributed by atoms with Gasteiger partial charge in [0.1, 0.15) is 19.3 Å². The molecule has 0 heterocycles. The van der Waals surface area contributed by atoms with Crippen molar-refractivity contribution in [2.75, 3.05) is 39.6 Å². The maximum atomic E-state index is 13.0. The van der Waals surface area contributed by atoms with E-state index < -0.39 is 97.5 Å². The molecule has 0 saturated heterocycles. The summed E-state index contributed by atoms with van der Waals surface area (Å²) < 4.78 is 67.9. The van der Waals surface area contributed by atoms with Crippen LogP contribution < -0.4 is 0 Å². The van der Waals surface area contributed by atoms with Crippen molar-refractivity contribution < 1.29 is 80.2 Å². The summed E-state index contributed by atoms with van der Waals surface area (Å²) in [6.45, 7) is 7.13. The molecule has 0 aromatic heterocycles. The second-order valence-electron chi connectivity index (χ2n) is 25.4. The van der Waals surface area contributed by atoms with E-state index in [0.29, 0.717) is 25.7 Å². The number of hydrogen-bond donors (Lipinski definition) is 3. The third-order valence-electron chi connectivity index (χ3n) is 16.0. The van der Waals surface area contributed by atoms with Gasteiger partial charge in [-0.05, 0) is 31.6 Å². The summed E-state index contributed by atoms with van der Waals surface area (Å²) in [5, 5.41) is 10.5. The fraction of sp³-hybridized carbons (Fsp3) is 0.942. The van der Waals surface area contributed by atoms with E-state index in [1.165, 1.54) is 161 Å². The molecule has 88 heavy (non-hydrogen) atoms. The Morgan fingerprint density at radius 1 is 0.307 bits per heavy atom. The van der Waals surface area contributed by atoms with Crippen LogP contribution in [-0.4, -0.2) is 96.7 Å². The van der Waals surface area contributed by atoms with Gasteiger partial charge in [-0.3, -0.25) is 37.3 Å². The summed E-state index contributed by atoms with van der Waals surface area (Å²) >= 11 is 0. The average molecular weight is 1300 g/mol. The second kappa shape index (κ2) is 62.5. The first-order chi connectivity index (χ1) is 42.5. The zero-order valence-electron chi connectivity index (χ0n) is 56.9. The van der Waals surface area contributed by atoms with E-state index in [0.717, 1.165) is 115 Å². The van der Waals surface area contributed by atoms with Crippen molar-refractivity contribution in [2.45, 2.75) is 374 Å². The molecule has 0 fully saturated rings. The van der Waals surface area contributed by atoms with E-state index in [4.69, 9.17) is 37.0 Å². The lowest BCUT2D eigenvalue weighted by molar-refractivity contribution is -0.161. The maximum Gasteiger partial charge on any atom is 0.472 e. The lowest BCUT2D eigenvalue weighted by atomic mass is 10.0. The van der Waals surface area contributed by atoms with Crippen LogP contribution in [-0.2, 0) is 65.4 Å². The zero-order chi connectivity index (χ0) is 64.9. The Balaban J connectivity index is 5.10. The van der Waals surface area contributed by atoms with Crippen molar-refractivity contribution in [3.63, 3.8) is 0 Å². The van der Waals surface area contributed by atoms with Gasteiger partial charge in [0.05, 0.1) is 26.4 Å². The lowest BCUT2D eigenvalue weighted by Crippen LogP contribution is -2.30. The molecule has 0 aliphatic rings. The summed E-state index contributed by atoms with van der Waals surface area (Å²) in [5.74, 6) is -1.34. The van der Waals surface area contributed by atoms with E-state index in [-0.39, 0.29) is 25.7 Å². The number of rotatable bonds is 69. The van der Waals surface area contributed by atoms with Crippen LogP contribution >= 0.6 is 15.6 Å². The van der Waals surface area contributed by atoms with Crippen molar-refractivity contribution in [1.82, 2.24) is 0 Å². The quantitative estimate of drug-likeness (QED) is 0.0222. The van der Waals surface area contributed by atoms with E-state index in [9.17, 15) is 43.2 Å². The molecule has 0 rings (SSSR count). The first kappa shape index (κ1) is 86.1. The molecule has 0 aromatic rings. The molecule has 0 aliphatic carbocycles. The molecule has 3 N–H and O–H groups in total. The van der Waals surface area contributed by atoms with Crippen LogP contribution in [0.15, 0.2) is 0 Å². The third-order valence-corrected chi connectivity index (χ3v) is 17.9. The van der Waals surface area contributed by atoms with Gasteiger partial charge in [0.25, 0.3) is 0 Å². The van der Waals surface area contributed by atoms with Gasteiger partial charge in [-0.1, -0.05) is 304 Å². The molecule has 0 amide bonds. The number of hydrogen-bond acceptors (Lipinski definition) is 15. The summed E-state index contributed by atoms with van der Waals surface area (Å²) in [7, 11) is -9.88. The number of aliphatic hydroxyl groups is 1. The van der Waals surface area contributed by atoms with Gasteiger partial charge in [-0.15, -0.1) is 0 Å². The molecule has 0 saturated carbocycles. The summed E-state index contributed by atoms with van der Waals surface area (Å²) in [6.07, 6.45) is 49.3. The second-order valence-corrected chi connectivity index (χ2v) is 28.3. The molecular formula is C69H134O17P2. The minimum atomic E-state index is -4.95. The Bertz CT molecular complexity index is 1700. The fourth-order valence-corrected chi connectivity index (χ4v) is 12.0. The van der Waals surface area contributed by atoms with Crippen LogP contribution in [0.2, 0.25) is 0 Å². The van der Waals surface area contributed by atoms with Crippen molar-refractivity contribution in [3.8, 4) is 0 Å². The molecule has 5 atom stereocenters. The third kappa shape index (κ3) is 62.8. The van der Waals surface area contributed by atoms with Crippen molar-refractivity contribution in [3.05, 3.63) is 0 Å². The van der Waals surface area contributed by atoms with Gasteiger partial charge in [0, 0.05) is 25.7 Å². The Morgan fingerprint density at radius 3 is 0.773 bits per heavy atom. The molecule has 522 valence electrons. The zero-order valence-corrected chi connectivity index (χ0v) is 58.6. The number of phosphoric acid groups is 2. The molecule has 17 nitrogen and oxygen atoms in total. The predicted molar refractivity (Wildman–Crippen MR) is 354 cm³/mol. The fourth-order valence-electron chi connectivity index (χ4n) is 10.5. The first-order valence-electron chi connectivity index (χ1n) is 36.1. The molecule has 19 heteroatoms. The minimum absolute atomic E-state index is 0.103. The maximum absolute atomic E-state index is 13.0. The summed E-state index contributed by atoms with van der Waals surface area (Å²) in [6, 6.07) is 0. The monoisotopic (exact) mass is 1300 g/mol. The van der Waals surface area contributed by atoms with E-state index in [1.54, 1.807) is 0 Å². The highest BCUT2D eigenvalue weighted by Gasteiger charge is 2.30. The number of carbonyl (C=O) groups excluding carboxylic acids is 4. The minimum Gasteiger partial charge on any atom is -0.462 e. The van der Waals surface area contributed by atoms with Crippen molar-refractivity contribution >= 4 is 39.5 Å². The van der Waals surface area contributed by atoms with E-state index in [2.05, 4.69) is 34.6 Å². The van der Waals surface area contributed by atoms with E-state index in [1.807, 2.05) is 0 Å². The SMILES string of the molecule is CCCCCCCCCCCCCCCCCCCCCC(=O)O[C@H](COC(=O)CCCCCCCCCCCCCCCCC(C)C)COP(=O)(O)OC[C@@H](O)COP(=O)(O)OC[C@@H](COC(=O)CCCCCCC)OC(=O)CCCCCCCCC. The normalized spacial score (nSPS) is 14.1. The molecule has 2 unspecified atom stereocenters. The number of ether oxygens (including phenoxy) is 4. The molecule has 0 aromatic carbocycles. The average Bonchev–Trinajstić information content (AvgIpc) is 3.54. The number of unbranched alkanes of at least 4 members (excludes halogenated alkanes) is 41. The summed E-state index contributed by atoms with van der Waals surface area (Å²) in [4.78, 5) is 72.0. The Kier molecular flexibility index (Phi) is 61.1. The highest BCUT2D eigenvalue weighted by molar-refractivity contribution is 7.47. The van der Waals surface area contributed by atoms with Gasteiger partial charge in [0.15, 0.2) is 12.2 Å². The number of phosphoric ester groups is 2. The van der Waals surface area contributed by atoms with Crippen molar-refractivity contribution in [2.24, 2.45) is 5.92 Å². The van der Waals surface area contributed by atoms with Crippen LogP contribution in [0.4, 0.5) is 0 Å². The Labute approximate surface area is 537 Å². The van der Waals surface area contributed by atoms with Crippen LogP contribution in [0.1, 0.15) is 356 Å². The molecule has 0 aliphatic heterocycles. The summed E-state index contributed by atoms with van der Waals surface area (Å²) in [5.41, 5.74) is 0. The van der Waals surface area contributed by atoms with Gasteiger partial charge < -0.3 is 33.8 Å². The van der Waals surface area contributed by atoms with E-state index >= 15 is 0 Å². The van der Waals surface area contributed by atoms with Crippen molar-refractivity contribution in [1.29, 1.82) is 0 Å². The lowest BCUT2D eigenvalue weighted by Gasteiger charge is -2.21. The van der Waals surface area contributed by atoms with Gasteiger partial charge in [0.2, 0.25) is 0 Å². The smallest absolute Gasteiger partial charge is 0.462 e. The standard InChI is InChI=1S/C69H134O17P2/c1-6-9-12-15-17-18-19-20-21-22-23-24-25-30-33-36-40-45-50-55-69(74)86-65(59-80-67(72)53-48-43-39-35-32-29-27-26-28-31-34-38-42-46-51-62(4)5)61-84-88(77,78)82-57-63(70)56-81-87(75,76)83-60-64(58-79-66(71)52-47-41-14-11-8-3)85-68(73)54-49-44-37-16-13-10-7-2/h62-65,70H,6-61H2,1-5H3,(H,75,76)(H,77,78)/t63-,64+,65+/m0/s1.